The van der Waals surface area contributed by atoms with E-state index < -0.39 is 52.4 Å². The number of benzene rings is 2. The Morgan fingerprint density at radius 3 is 2.16 bits per heavy atom. The number of hydrogen-bond acceptors (Lipinski definition) is 3. The second kappa shape index (κ2) is 8.50. The third kappa shape index (κ3) is 4.61. The first-order chi connectivity index (χ1) is 14.5. The van der Waals surface area contributed by atoms with Crippen molar-refractivity contribution in [2.24, 2.45) is 0 Å². The van der Waals surface area contributed by atoms with Gasteiger partial charge in [-0.1, -0.05) is 23.7 Å². The summed E-state index contributed by atoms with van der Waals surface area (Å²) in [6, 6.07) is 8.73. The second-order valence-electron chi connectivity index (χ2n) is 5.94. The lowest BCUT2D eigenvalue weighted by Crippen LogP contribution is -2.20. The molecular formula is C19H9ClF7NO3. The summed E-state index contributed by atoms with van der Waals surface area (Å²) in [5.74, 6) is -11.8. The Balaban J connectivity index is 1.79. The maximum absolute atomic E-state index is 13.9. The van der Waals surface area contributed by atoms with Crippen LogP contribution in [0.3, 0.4) is 0 Å². The van der Waals surface area contributed by atoms with Gasteiger partial charge in [-0.15, -0.1) is 0 Å². The summed E-state index contributed by atoms with van der Waals surface area (Å²) in [4.78, 5) is 12.1. The van der Waals surface area contributed by atoms with Gasteiger partial charge < -0.3 is 14.5 Å². The van der Waals surface area contributed by atoms with Crippen molar-refractivity contribution in [2.45, 2.75) is 12.8 Å². The average molecular weight is 468 g/mol. The van der Waals surface area contributed by atoms with E-state index in [0.717, 1.165) is 6.07 Å². The zero-order valence-corrected chi connectivity index (χ0v) is 15.7. The highest BCUT2D eigenvalue weighted by molar-refractivity contribution is 6.32. The van der Waals surface area contributed by atoms with Crippen LogP contribution in [0.5, 0.6) is 5.75 Å². The smallest absolute Gasteiger partial charge is 0.422 e. The molecule has 3 aromatic rings. The van der Waals surface area contributed by atoms with Gasteiger partial charge in [0, 0.05) is 0 Å². The van der Waals surface area contributed by atoms with Gasteiger partial charge in [0.15, 0.2) is 29.0 Å². The topological polar surface area (TPSA) is 51.5 Å². The summed E-state index contributed by atoms with van der Waals surface area (Å²) in [5.41, 5.74) is -4.49. The quantitative estimate of drug-likeness (QED) is 0.352. The minimum absolute atomic E-state index is 0.0656. The summed E-state index contributed by atoms with van der Waals surface area (Å²) >= 11 is 5.91. The molecule has 0 unspecified atom stereocenters. The Morgan fingerprint density at radius 2 is 1.58 bits per heavy atom. The monoisotopic (exact) mass is 467 g/mol. The minimum Gasteiger partial charge on any atom is -0.484 e. The van der Waals surface area contributed by atoms with E-state index >= 15 is 0 Å². The van der Waals surface area contributed by atoms with Gasteiger partial charge in [-0.2, -0.15) is 13.2 Å². The lowest BCUT2D eigenvalue weighted by molar-refractivity contribution is -0.143. The van der Waals surface area contributed by atoms with Crippen LogP contribution in [0.25, 0.3) is 0 Å². The van der Waals surface area contributed by atoms with E-state index in [1.165, 1.54) is 11.4 Å². The molecule has 0 saturated heterocycles. The van der Waals surface area contributed by atoms with Gasteiger partial charge in [0.2, 0.25) is 0 Å². The van der Waals surface area contributed by atoms with Crippen LogP contribution in [0.4, 0.5) is 36.4 Å². The molecule has 0 saturated carbocycles. The average Bonchev–Trinajstić information content (AvgIpc) is 3.17. The maximum Gasteiger partial charge on any atom is 0.422 e. The lowest BCUT2D eigenvalue weighted by Gasteiger charge is -2.14. The number of amides is 1. The first-order valence-corrected chi connectivity index (χ1v) is 8.59. The van der Waals surface area contributed by atoms with Gasteiger partial charge in [-0.3, -0.25) is 4.79 Å². The molecule has 3 rings (SSSR count). The predicted octanol–water partition coefficient (Wildman–Crippen LogP) is 6.34. The number of carbonyl (C=O) groups is 1. The van der Waals surface area contributed by atoms with Crippen LogP contribution in [0, 0.1) is 23.3 Å². The van der Waals surface area contributed by atoms with Crippen LogP contribution in [0.2, 0.25) is 5.02 Å². The number of para-hydroxylation sites is 1. The first kappa shape index (κ1) is 22.5. The molecule has 31 heavy (non-hydrogen) atoms. The van der Waals surface area contributed by atoms with Gasteiger partial charge in [-0.25, -0.2) is 17.6 Å². The first-order valence-electron chi connectivity index (χ1n) is 8.21. The van der Waals surface area contributed by atoms with Crippen LogP contribution < -0.4 is 10.1 Å². The maximum atomic E-state index is 13.9. The Labute approximate surface area is 174 Å². The Bertz CT molecular complexity index is 1120. The molecule has 0 fully saturated rings. The van der Waals surface area contributed by atoms with Crippen molar-refractivity contribution >= 4 is 23.2 Å². The number of halogens is 8. The fourth-order valence-electron chi connectivity index (χ4n) is 2.45. The van der Waals surface area contributed by atoms with Gasteiger partial charge >= 0.3 is 6.18 Å². The number of rotatable bonds is 5. The fourth-order valence-corrected chi connectivity index (χ4v) is 2.64. The molecule has 1 aromatic heterocycles. The van der Waals surface area contributed by atoms with Crippen molar-refractivity contribution in [1.29, 1.82) is 0 Å². The number of nitrogens with one attached hydrogen (secondary N) is 1. The molecule has 0 aliphatic heterocycles. The molecule has 1 amide bonds. The summed E-state index contributed by atoms with van der Waals surface area (Å²) in [7, 11) is 0. The normalized spacial score (nSPS) is 11.5. The van der Waals surface area contributed by atoms with Crippen LogP contribution in [-0.4, -0.2) is 5.91 Å². The van der Waals surface area contributed by atoms with Crippen LogP contribution in [-0.2, 0) is 12.8 Å². The standard InChI is InChI=1S/C19H9ClF7NO3/c20-9-3-1-2-4-10(9)30-7-8-5-6-11(31-8)18(29)28-17-15(23)13(21)12(19(25,26)27)14(22)16(17)24/h1-6H,7H2,(H,28,29). The predicted molar refractivity (Wildman–Crippen MR) is 93.7 cm³/mol. The van der Waals surface area contributed by atoms with Crippen LogP contribution in [0.15, 0.2) is 40.8 Å². The van der Waals surface area contributed by atoms with Crippen LogP contribution in [0.1, 0.15) is 21.9 Å². The molecule has 0 radical (unpaired) electrons. The lowest BCUT2D eigenvalue weighted by atomic mass is 10.1. The van der Waals surface area contributed by atoms with Gasteiger partial charge in [0.05, 0.1) is 5.02 Å². The zero-order chi connectivity index (χ0) is 22.9. The van der Waals surface area contributed by atoms with Gasteiger partial charge in [0.25, 0.3) is 5.91 Å². The molecular weight excluding hydrogens is 459 g/mol. The van der Waals surface area contributed by atoms with E-state index in [2.05, 4.69) is 0 Å². The van der Waals surface area contributed by atoms with E-state index in [4.69, 9.17) is 20.8 Å². The Hall–Kier alpha value is -3.21. The molecule has 12 heteroatoms. The summed E-state index contributed by atoms with van der Waals surface area (Å²) in [5, 5.41) is 1.76. The molecule has 164 valence electrons. The van der Waals surface area contributed by atoms with Crippen LogP contribution >= 0.6 is 11.6 Å². The van der Waals surface area contributed by atoms with Crippen molar-refractivity contribution < 1.29 is 44.7 Å². The van der Waals surface area contributed by atoms with E-state index in [-0.39, 0.29) is 12.4 Å². The van der Waals surface area contributed by atoms with E-state index in [1.54, 1.807) is 24.3 Å². The highest BCUT2D eigenvalue weighted by atomic mass is 35.5. The molecule has 1 heterocycles. The van der Waals surface area contributed by atoms with E-state index in [1.807, 2.05) is 0 Å². The fraction of sp³-hybridized carbons (Fsp3) is 0.105. The van der Waals surface area contributed by atoms with Gasteiger partial charge in [0.1, 0.15) is 29.4 Å². The molecule has 2 aromatic carbocycles. The van der Waals surface area contributed by atoms with Crippen molar-refractivity contribution in [2.75, 3.05) is 5.32 Å². The number of ether oxygens (including phenoxy) is 1. The molecule has 0 spiro atoms. The van der Waals surface area contributed by atoms with E-state index in [0.29, 0.717) is 10.8 Å². The molecule has 1 N–H and O–H groups in total. The molecule has 0 aliphatic carbocycles. The van der Waals surface area contributed by atoms with Crippen molar-refractivity contribution in [3.05, 3.63) is 81.8 Å². The molecule has 0 aliphatic rings. The third-order valence-electron chi connectivity index (χ3n) is 3.88. The largest absolute Gasteiger partial charge is 0.484 e. The van der Waals surface area contributed by atoms with Crippen molar-refractivity contribution in [3.63, 3.8) is 0 Å². The number of furan rings is 1. The van der Waals surface area contributed by atoms with Crippen molar-refractivity contribution in [3.8, 4) is 5.75 Å². The Kier molecular flexibility index (Phi) is 6.16. The third-order valence-corrected chi connectivity index (χ3v) is 4.19. The van der Waals surface area contributed by atoms with Crippen molar-refractivity contribution in [1.82, 2.24) is 0 Å². The molecule has 0 atom stereocenters. The number of alkyl halides is 3. The highest BCUT2D eigenvalue weighted by Crippen LogP contribution is 2.38. The summed E-state index contributed by atoms with van der Waals surface area (Å²) in [6.07, 6.45) is -5.70. The SMILES string of the molecule is O=C(Nc1c(F)c(F)c(C(F)(F)F)c(F)c1F)c1ccc(COc2ccccc2Cl)o1. The molecule has 0 bridgehead atoms. The summed E-state index contributed by atoms with van der Waals surface area (Å²) in [6.45, 7) is -0.205. The minimum atomic E-state index is -5.70. The number of hydrogen-bond donors (Lipinski definition) is 1. The Morgan fingerprint density at radius 1 is 0.968 bits per heavy atom. The number of carbonyl (C=O) groups excluding carboxylic acids is 1. The van der Waals surface area contributed by atoms with E-state index in [9.17, 15) is 35.5 Å². The second-order valence-corrected chi connectivity index (χ2v) is 6.35. The number of anilines is 1. The molecule has 4 nitrogen and oxygen atoms in total. The van der Waals surface area contributed by atoms with Gasteiger partial charge in [-0.05, 0) is 24.3 Å². The zero-order valence-electron chi connectivity index (χ0n) is 14.9. The highest BCUT2D eigenvalue weighted by Gasteiger charge is 2.42. The summed E-state index contributed by atoms with van der Waals surface area (Å²) < 4.78 is 103.